The van der Waals surface area contributed by atoms with Gasteiger partial charge in [-0.1, -0.05) is 37.8 Å². The molecule has 3 N–H and O–H groups in total. The molecule has 1 amide bonds. The number of amides is 1. The number of halogens is 1. The summed E-state index contributed by atoms with van der Waals surface area (Å²) in [5.41, 5.74) is 6.79. The van der Waals surface area contributed by atoms with Crippen LogP contribution in [0.4, 0.5) is 5.69 Å². The maximum absolute atomic E-state index is 12.5. The Morgan fingerprint density at radius 1 is 1.24 bits per heavy atom. The first-order chi connectivity index (χ1) is 10.2. The van der Waals surface area contributed by atoms with Crippen LogP contribution in [0.1, 0.15) is 48.9 Å². The fourth-order valence-corrected chi connectivity index (χ4v) is 2.69. The highest BCUT2D eigenvalue weighted by Gasteiger charge is 2.17. The molecule has 1 aliphatic rings. The van der Waals surface area contributed by atoms with Crippen LogP contribution in [0, 0.1) is 0 Å². The van der Waals surface area contributed by atoms with E-state index in [1.807, 2.05) is 12.1 Å². The number of carbonyl (C=O) groups excluding carboxylic acids is 1. The number of benzene rings is 1. The molecule has 5 heteroatoms. The summed E-state index contributed by atoms with van der Waals surface area (Å²) in [6, 6.07) is 7.48. The molecule has 21 heavy (non-hydrogen) atoms. The van der Waals surface area contributed by atoms with E-state index in [9.17, 15) is 4.79 Å². The van der Waals surface area contributed by atoms with Crippen molar-refractivity contribution in [3.8, 4) is 0 Å². The number of alkyl halides is 1. The lowest BCUT2D eigenvalue weighted by Crippen LogP contribution is -2.34. The predicted molar refractivity (Wildman–Crippen MR) is 87.4 cm³/mol. The molecule has 1 saturated carbocycles. The highest BCUT2D eigenvalue weighted by atomic mass is 35.5. The number of hydrogen-bond acceptors (Lipinski definition) is 2. The Labute approximate surface area is 130 Å². The Kier molecular flexibility index (Phi) is 6.05. The lowest BCUT2D eigenvalue weighted by molar-refractivity contribution is 0.0934. The number of nitrogens with one attached hydrogen (secondary N) is 1. The number of aliphatic imine (C=N–C) groups is 1. The number of hydrogen-bond donors (Lipinski definition) is 2. The lowest BCUT2D eigenvalue weighted by atomic mass is 10.1. The Morgan fingerprint density at radius 2 is 1.90 bits per heavy atom. The highest BCUT2D eigenvalue weighted by molar-refractivity contribution is 6.28. The molecule has 1 fully saturated rings. The third kappa shape index (κ3) is 4.74. The van der Waals surface area contributed by atoms with Crippen LogP contribution in [0.15, 0.2) is 29.3 Å². The predicted octanol–water partition coefficient (Wildman–Crippen LogP) is 3.37. The zero-order valence-corrected chi connectivity index (χ0v) is 12.9. The van der Waals surface area contributed by atoms with E-state index in [1.54, 1.807) is 12.1 Å². The maximum atomic E-state index is 12.5. The molecule has 0 atom stereocenters. The molecule has 1 aliphatic carbocycles. The van der Waals surface area contributed by atoms with Gasteiger partial charge in [-0.2, -0.15) is 0 Å². The van der Waals surface area contributed by atoms with Gasteiger partial charge in [0.05, 0.1) is 17.1 Å². The molecule has 0 heterocycles. The van der Waals surface area contributed by atoms with Crippen molar-refractivity contribution in [2.45, 2.75) is 44.6 Å². The number of para-hydroxylation sites is 1. The molecule has 0 aliphatic heterocycles. The summed E-state index contributed by atoms with van der Waals surface area (Å²) in [7, 11) is 0. The van der Waals surface area contributed by atoms with Crippen molar-refractivity contribution < 1.29 is 4.79 Å². The van der Waals surface area contributed by atoms with Crippen molar-refractivity contribution in [1.82, 2.24) is 5.32 Å². The quantitative estimate of drug-likeness (QED) is 0.387. The molecule has 2 rings (SSSR count). The Morgan fingerprint density at radius 3 is 2.57 bits per heavy atom. The maximum Gasteiger partial charge on any atom is 0.253 e. The molecule has 4 nitrogen and oxygen atoms in total. The molecule has 0 unspecified atom stereocenters. The molecule has 0 spiro atoms. The Balaban J connectivity index is 2.11. The monoisotopic (exact) mass is 307 g/mol. The van der Waals surface area contributed by atoms with Gasteiger partial charge >= 0.3 is 0 Å². The second-order valence-corrected chi connectivity index (χ2v) is 5.68. The van der Waals surface area contributed by atoms with Gasteiger partial charge in [0.2, 0.25) is 0 Å². The van der Waals surface area contributed by atoms with Crippen LogP contribution in [-0.2, 0) is 0 Å². The molecule has 1 aromatic carbocycles. The standard InChI is InChI=1S/C16H22ClN3O/c17-11-15(18)20-14-10-6-5-9-13(14)16(21)19-12-7-3-1-2-4-8-12/h5-6,9-10,12H,1-4,7-8,11H2,(H2,18,20)(H,19,21). The average molecular weight is 308 g/mol. The van der Waals surface area contributed by atoms with Crippen LogP contribution < -0.4 is 11.1 Å². The van der Waals surface area contributed by atoms with E-state index in [4.69, 9.17) is 17.3 Å². The number of rotatable bonds is 4. The molecular weight excluding hydrogens is 286 g/mol. The molecule has 1 aromatic rings. The van der Waals surface area contributed by atoms with Crippen LogP contribution in [0.5, 0.6) is 0 Å². The first kappa shape index (κ1) is 15.8. The Hall–Kier alpha value is -1.55. The fourth-order valence-electron chi connectivity index (χ4n) is 2.63. The van der Waals surface area contributed by atoms with E-state index in [0.29, 0.717) is 17.1 Å². The van der Waals surface area contributed by atoms with Crippen molar-refractivity contribution >= 4 is 29.0 Å². The lowest BCUT2D eigenvalue weighted by Gasteiger charge is -2.17. The van der Waals surface area contributed by atoms with Gasteiger partial charge in [-0.15, -0.1) is 11.6 Å². The van der Waals surface area contributed by atoms with Crippen molar-refractivity contribution in [3.63, 3.8) is 0 Å². The number of nitrogens with two attached hydrogens (primary N) is 1. The molecule has 0 radical (unpaired) electrons. The number of carbonyl (C=O) groups is 1. The van der Waals surface area contributed by atoms with E-state index in [0.717, 1.165) is 12.8 Å². The highest BCUT2D eigenvalue weighted by Crippen LogP contribution is 2.21. The van der Waals surface area contributed by atoms with Crippen LogP contribution in [0.25, 0.3) is 0 Å². The van der Waals surface area contributed by atoms with Gasteiger partial charge in [0, 0.05) is 6.04 Å². The largest absolute Gasteiger partial charge is 0.386 e. The van der Waals surface area contributed by atoms with Gasteiger partial charge in [-0.25, -0.2) is 4.99 Å². The molecule has 0 saturated heterocycles. The van der Waals surface area contributed by atoms with E-state index >= 15 is 0 Å². The summed E-state index contributed by atoms with van der Waals surface area (Å²) in [6.45, 7) is 0. The first-order valence-corrected chi connectivity index (χ1v) is 8.03. The van der Waals surface area contributed by atoms with Crippen molar-refractivity contribution in [2.24, 2.45) is 10.7 Å². The van der Waals surface area contributed by atoms with Crippen LogP contribution in [0.3, 0.4) is 0 Å². The van der Waals surface area contributed by atoms with Crippen LogP contribution in [0.2, 0.25) is 0 Å². The van der Waals surface area contributed by atoms with Crippen molar-refractivity contribution in [1.29, 1.82) is 0 Å². The topological polar surface area (TPSA) is 67.5 Å². The van der Waals surface area contributed by atoms with E-state index in [-0.39, 0.29) is 17.8 Å². The zero-order valence-electron chi connectivity index (χ0n) is 12.1. The smallest absolute Gasteiger partial charge is 0.253 e. The van der Waals surface area contributed by atoms with Crippen LogP contribution in [-0.4, -0.2) is 23.7 Å². The SMILES string of the molecule is NC(CCl)=Nc1ccccc1C(=O)NC1CCCCCC1. The second-order valence-electron chi connectivity index (χ2n) is 5.42. The minimum Gasteiger partial charge on any atom is -0.386 e. The van der Waals surface area contributed by atoms with Crippen molar-refractivity contribution in [3.05, 3.63) is 29.8 Å². The molecular formula is C16H22ClN3O. The second kappa shape index (κ2) is 8.03. The number of nitrogens with zero attached hydrogens (tertiary/aromatic N) is 1. The van der Waals surface area contributed by atoms with E-state index < -0.39 is 0 Å². The summed E-state index contributed by atoms with van der Waals surface area (Å²) in [4.78, 5) is 16.7. The van der Waals surface area contributed by atoms with Gasteiger partial charge in [-0.05, 0) is 25.0 Å². The summed E-state index contributed by atoms with van der Waals surface area (Å²) >= 11 is 5.65. The number of amidine groups is 1. The molecule has 114 valence electrons. The molecule has 0 aromatic heterocycles. The Bertz CT molecular complexity index is 508. The third-order valence-electron chi connectivity index (χ3n) is 3.74. The third-order valence-corrected chi connectivity index (χ3v) is 4.01. The summed E-state index contributed by atoms with van der Waals surface area (Å²) < 4.78 is 0. The van der Waals surface area contributed by atoms with E-state index in [2.05, 4.69) is 10.3 Å². The van der Waals surface area contributed by atoms with Gasteiger partial charge in [0.25, 0.3) is 5.91 Å². The van der Waals surface area contributed by atoms with Gasteiger partial charge in [0.1, 0.15) is 5.84 Å². The normalized spacial score (nSPS) is 17.3. The minimum absolute atomic E-state index is 0.0800. The summed E-state index contributed by atoms with van der Waals surface area (Å²) in [5.74, 6) is 0.383. The fraction of sp³-hybridized carbons (Fsp3) is 0.500. The van der Waals surface area contributed by atoms with Gasteiger partial charge < -0.3 is 11.1 Å². The first-order valence-electron chi connectivity index (χ1n) is 7.49. The van der Waals surface area contributed by atoms with Crippen molar-refractivity contribution in [2.75, 3.05) is 5.88 Å². The van der Waals surface area contributed by atoms with Gasteiger partial charge in [-0.3, -0.25) is 4.79 Å². The van der Waals surface area contributed by atoms with Gasteiger partial charge in [0.15, 0.2) is 0 Å². The molecule has 0 bridgehead atoms. The average Bonchev–Trinajstić information content (AvgIpc) is 2.76. The minimum atomic E-state index is -0.0800. The van der Waals surface area contributed by atoms with Crippen LogP contribution >= 0.6 is 11.6 Å². The zero-order chi connectivity index (χ0) is 15.1. The van der Waals surface area contributed by atoms with E-state index in [1.165, 1.54) is 25.7 Å². The summed E-state index contributed by atoms with van der Waals surface area (Å²) in [6.07, 6.45) is 7.01. The summed E-state index contributed by atoms with van der Waals surface area (Å²) in [5, 5.41) is 3.12.